The predicted molar refractivity (Wildman–Crippen MR) is 85.0 cm³/mol. The second kappa shape index (κ2) is 5.92. The molecule has 0 aliphatic carbocycles. The summed E-state index contributed by atoms with van der Waals surface area (Å²) in [5.41, 5.74) is 3.42. The van der Waals surface area contributed by atoms with Crippen LogP contribution in [-0.2, 0) is 0 Å². The van der Waals surface area contributed by atoms with Gasteiger partial charge >= 0.3 is 5.97 Å². The van der Waals surface area contributed by atoms with Crippen molar-refractivity contribution < 1.29 is 14.6 Å². The van der Waals surface area contributed by atoms with E-state index in [9.17, 15) is 4.79 Å². The van der Waals surface area contributed by atoms with Crippen molar-refractivity contribution in [2.24, 2.45) is 0 Å². The Bertz CT molecular complexity index is 871. The van der Waals surface area contributed by atoms with Gasteiger partial charge in [0.1, 0.15) is 11.4 Å². The van der Waals surface area contributed by atoms with Gasteiger partial charge in [-0.1, -0.05) is 22.9 Å². The highest BCUT2D eigenvalue weighted by Crippen LogP contribution is 2.29. The van der Waals surface area contributed by atoms with E-state index in [1.165, 1.54) is 6.07 Å². The fourth-order valence-electron chi connectivity index (χ4n) is 2.32. The van der Waals surface area contributed by atoms with Crippen molar-refractivity contribution in [2.75, 3.05) is 7.11 Å². The van der Waals surface area contributed by atoms with Gasteiger partial charge in [-0.15, -0.1) is 5.10 Å². The van der Waals surface area contributed by atoms with Gasteiger partial charge in [0.05, 0.1) is 24.6 Å². The summed E-state index contributed by atoms with van der Waals surface area (Å²) in [5, 5.41) is 17.3. The number of carboxylic acid groups (broad SMARTS) is 1. The number of aromatic carboxylic acids is 1. The van der Waals surface area contributed by atoms with Crippen LogP contribution in [0.15, 0.2) is 48.7 Å². The summed E-state index contributed by atoms with van der Waals surface area (Å²) in [7, 11) is 1.61. The number of carbonyl (C=O) groups is 1. The first-order chi connectivity index (χ1) is 11.1. The molecular formula is C17H15N3O3. The van der Waals surface area contributed by atoms with Crippen LogP contribution in [-0.4, -0.2) is 33.2 Å². The Morgan fingerprint density at radius 2 is 2.04 bits per heavy atom. The second-order valence-corrected chi connectivity index (χ2v) is 5.11. The van der Waals surface area contributed by atoms with Crippen molar-refractivity contribution in [1.29, 1.82) is 0 Å². The highest BCUT2D eigenvalue weighted by molar-refractivity contribution is 5.88. The Morgan fingerprint density at radius 1 is 1.22 bits per heavy atom. The van der Waals surface area contributed by atoms with E-state index in [1.54, 1.807) is 36.2 Å². The topological polar surface area (TPSA) is 77.2 Å². The molecule has 0 atom stereocenters. The summed E-state index contributed by atoms with van der Waals surface area (Å²) in [6.45, 7) is 1.99. The number of carboxylic acids is 1. The Hall–Kier alpha value is -3.15. The molecular weight excluding hydrogens is 294 g/mol. The first-order valence-corrected chi connectivity index (χ1v) is 6.99. The first kappa shape index (κ1) is 14.8. The van der Waals surface area contributed by atoms with Gasteiger partial charge in [-0.25, -0.2) is 9.48 Å². The summed E-state index contributed by atoms with van der Waals surface area (Å²) in [6.07, 6.45) is 1.75. The first-order valence-electron chi connectivity index (χ1n) is 6.99. The maximum atomic E-state index is 11.1. The minimum Gasteiger partial charge on any atom is -0.496 e. The molecule has 3 rings (SSSR count). The van der Waals surface area contributed by atoms with E-state index in [0.29, 0.717) is 17.1 Å². The summed E-state index contributed by atoms with van der Waals surface area (Å²) in [6, 6.07) is 12.4. The molecule has 0 saturated heterocycles. The molecule has 0 bridgehead atoms. The molecule has 2 aromatic carbocycles. The van der Waals surface area contributed by atoms with Crippen molar-refractivity contribution >= 4 is 5.97 Å². The molecule has 0 radical (unpaired) electrons. The van der Waals surface area contributed by atoms with Crippen molar-refractivity contribution in [3.05, 3.63) is 59.8 Å². The number of aryl methyl sites for hydroxylation is 1. The molecule has 1 heterocycles. The van der Waals surface area contributed by atoms with Gasteiger partial charge in [0.25, 0.3) is 0 Å². The number of nitrogens with zero attached hydrogens (tertiary/aromatic N) is 3. The molecule has 1 N–H and O–H groups in total. The lowest BCUT2D eigenvalue weighted by molar-refractivity contribution is 0.0697. The van der Waals surface area contributed by atoms with E-state index in [-0.39, 0.29) is 5.56 Å². The number of ether oxygens (including phenoxy) is 1. The third kappa shape index (κ3) is 2.91. The SMILES string of the molecule is COc1ccc(C)cc1-c1cn(-c2cccc(C(=O)O)c2)nn1. The van der Waals surface area contributed by atoms with Crippen LogP contribution in [0.2, 0.25) is 0 Å². The number of hydrogen-bond donors (Lipinski definition) is 1. The van der Waals surface area contributed by atoms with Crippen LogP contribution in [0.1, 0.15) is 15.9 Å². The molecule has 0 aliphatic heterocycles. The van der Waals surface area contributed by atoms with Crippen LogP contribution in [0, 0.1) is 6.92 Å². The van der Waals surface area contributed by atoms with Gasteiger partial charge in [-0.3, -0.25) is 0 Å². The van der Waals surface area contributed by atoms with Gasteiger partial charge < -0.3 is 9.84 Å². The lowest BCUT2D eigenvalue weighted by Gasteiger charge is -2.06. The number of methoxy groups -OCH3 is 1. The lowest BCUT2D eigenvalue weighted by Crippen LogP contribution is -2.00. The monoisotopic (exact) mass is 309 g/mol. The molecule has 116 valence electrons. The Balaban J connectivity index is 2.03. The van der Waals surface area contributed by atoms with Crippen LogP contribution in [0.3, 0.4) is 0 Å². The van der Waals surface area contributed by atoms with E-state index in [1.807, 2.05) is 25.1 Å². The largest absolute Gasteiger partial charge is 0.496 e. The Kier molecular flexibility index (Phi) is 3.80. The fourth-order valence-corrected chi connectivity index (χ4v) is 2.32. The summed E-state index contributed by atoms with van der Waals surface area (Å²) < 4.78 is 6.91. The van der Waals surface area contributed by atoms with Gasteiger partial charge in [0, 0.05) is 5.56 Å². The molecule has 6 heteroatoms. The minimum absolute atomic E-state index is 0.202. The molecule has 0 aliphatic rings. The summed E-state index contributed by atoms with van der Waals surface area (Å²) >= 11 is 0. The van der Waals surface area contributed by atoms with E-state index in [0.717, 1.165) is 11.1 Å². The van der Waals surface area contributed by atoms with Gasteiger partial charge in [-0.05, 0) is 37.3 Å². The number of rotatable bonds is 4. The number of hydrogen-bond acceptors (Lipinski definition) is 4. The fraction of sp³-hybridized carbons (Fsp3) is 0.118. The zero-order chi connectivity index (χ0) is 16.4. The van der Waals surface area contributed by atoms with Crippen LogP contribution >= 0.6 is 0 Å². The summed E-state index contributed by atoms with van der Waals surface area (Å²) in [4.78, 5) is 11.1. The zero-order valence-corrected chi connectivity index (χ0v) is 12.7. The van der Waals surface area contributed by atoms with Crippen LogP contribution in [0.5, 0.6) is 5.75 Å². The van der Waals surface area contributed by atoms with Gasteiger partial charge in [-0.2, -0.15) is 0 Å². The Labute approximate surface area is 133 Å². The quantitative estimate of drug-likeness (QED) is 0.801. The zero-order valence-electron chi connectivity index (χ0n) is 12.7. The van der Waals surface area contributed by atoms with Crippen molar-refractivity contribution in [3.8, 4) is 22.7 Å². The smallest absolute Gasteiger partial charge is 0.335 e. The lowest BCUT2D eigenvalue weighted by atomic mass is 10.1. The molecule has 6 nitrogen and oxygen atoms in total. The molecule has 1 aromatic heterocycles. The minimum atomic E-state index is -0.979. The second-order valence-electron chi connectivity index (χ2n) is 5.11. The molecule has 0 amide bonds. The van der Waals surface area contributed by atoms with Crippen molar-refractivity contribution in [1.82, 2.24) is 15.0 Å². The summed E-state index contributed by atoms with van der Waals surface area (Å²) in [5.74, 6) is -0.269. The van der Waals surface area contributed by atoms with Crippen LogP contribution in [0.25, 0.3) is 16.9 Å². The average molecular weight is 309 g/mol. The molecule has 0 fully saturated rings. The molecule has 0 saturated carbocycles. The predicted octanol–water partition coefficient (Wildman–Crippen LogP) is 2.95. The maximum absolute atomic E-state index is 11.1. The van der Waals surface area contributed by atoms with E-state index < -0.39 is 5.97 Å². The van der Waals surface area contributed by atoms with Gasteiger partial charge in [0.2, 0.25) is 0 Å². The molecule has 23 heavy (non-hydrogen) atoms. The average Bonchev–Trinajstić information content (AvgIpc) is 3.05. The highest BCUT2D eigenvalue weighted by atomic mass is 16.5. The Morgan fingerprint density at radius 3 is 2.78 bits per heavy atom. The third-order valence-electron chi connectivity index (χ3n) is 3.48. The highest BCUT2D eigenvalue weighted by Gasteiger charge is 2.12. The van der Waals surface area contributed by atoms with Crippen LogP contribution in [0.4, 0.5) is 0 Å². The maximum Gasteiger partial charge on any atom is 0.335 e. The van der Waals surface area contributed by atoms with E-state index in [4.69, 9.17) is 9.84 Å². The van der Waals surface area contributed by atoms with Crippen molar-refractivity contribution in [2.45, 2.75) is 6.92 Å². The van der Waals surface area contributed by atoms with E-state index in [2.05, 4.69) is 10.3 Å². The normalized spacial score (nSPS) is 10.5. The molecule has 0 spiro atoms. The van der Waals surface area contributed by atoms with E-state index >= 15 is 0 Å². The standard InChI is InChI=1S/C17H15N3O3/c1-11-6-7-16(23-2)14(8-11)15-10-20(19-18-15)13-5-3-4-12(9-13)17(21)22/h3-10H,1-2H3,(H,21,22). The van der Waals surface area contributed by atoms with Crippen LogP contribution < -0.4 is 4.74 Å². The molecule has 3 aromatic rings. The molecule has 0 unspecified atom stereocenters. The van der Waals surface area contributed by atoms with Crippen molar-refractivity contribution in [3.63, 3.8) is 0 Å². The number of aromatic nitrogens is 3. The number of benzene rings is 2. The third-order valence-corrected chi connectivity index (χ3v) is 3.48. The van der Waals surface area contributed by atoms with Gasteiger partial charge in [0.15, 0.2) is 0 Å².